The van der Waals surface area contributed by atoms with Crippen LogP contribution in [-0.2, 0) is 22.7 Å². The predicted octanol–water partition coefficient (Wildman–Crippen LogP) is 2.15. The SMILES string of the molecule is CN(C)Cc1ccccc1CNC(=O)C[C@@H]1Oc2ccccc2NC1=O. The topological polar surface area (TPSA) is 70.7 Å². The highest BCUT2D eigenvalue weighted by molar-refractivity contribution is 5.99. The van der Waals surface area contributed by atoms with Crippen molar-refractivity contribution in [3.8, 4) is 5.75 Å². The molecule has 2 N–H and O–H groups in total. The molecule has 1 aliphatic rings. The molecule has 1 heterocycles. The number of carbonyl (C=O) groups excluding carboxylic acids is 2. The molecule has 0 aromatic heterocycles. The molecule has 0 unspecified atom stereocenters. The third-order valence-electron chi connectivity index (χ3n) is 4.16. The van der Waals surface area contributed by atoms with Crippen LogP contribution in [0.2, 0.25) is 0 Å². The number of anilines is 1. The van der Waals surface area contributed by atoms with Gasteiger partial charge in [-0.2, -0.15) is 0 Å². The van der Waals surface area contributed by atoms with E-state index in [-0.39, 0.29) is 18.2 Å². The summed E-state index contributed by atoms with van der Waals surface area (Å²) in [4.78, 5) is 26.5. The van der Waals surface area contributed by atoms with Gasteiger partial charge in [-0.15, -0.1) is 0 Å². The number of carbonyl (C=O) groups is 2. The van der Waals surface area contributed by atoms with Crippen LogP contribution in [0.4, 0.5) is 5.69 Å². The molecular weight excluding hydrogens is 330 g/mol. The number of nitrogens with one attached hydrogen (secondary N) is 2. The maximum absolute atomic E-state index is 12.3. The monoisotopic (exact) mass is 353 g/mol. The Morgan fingerprint density at radius 3 is 2.58 bits per heavy atom. The molecule has 1 atom stereocenters. The van der Waals surface area contributed by atoms with Crippen LogP contribution in [0.15, 0.2) is 48.5 Å². The molecule has 0 radical (unpaired) electrons. The second-order valence-corrected chi connectivity index (χ2v) is 6.58. The van der Waals surface area contributed by atoms with E-state index in [9.17, 15) is 9.59 Å². The van der Waals surface area contributed by atoms with E-state index in [4.69, 9.17) is 4.74 Å². The summed E-state index contributed by atoms with van der Waals surface area (Å²) in [5.41, 5.74) is 2.86. The lowest BCUT2D eigenvalue weighted by Gasteiger charge is -2.25. The molecule has 6 heteroatoms. The molecule has 1 aliphatic heterocycles. The van der Waals surface area contributed by atoms with Gasteiger partial charge in [0.2, 0.25) is 5.91 Å². The van der Waals surface area contributed by atoms with Crippen LogP contribution in [0.3, 0.4) is 0 Å². The molecule has 0 bridgehead atoms. The zero-order valence-electron chi connectivity index (χ0n) is 15.0. The number of amides is 2. The molecule has 6 nitrogen and oxygen atoms in total. The smallest absolute Gasteiger partial charge is 0.266 e. The van der Waals surface area contributed by atoms with E-state index in [0.29, 0.717) is 18.0 Å². The Morgan fingerprint density at radius 1 is 1.12 bits per heavy atom. The van der Waals surface area contributed by atoms with E-state index < -0.39 is 6.10 Å². The Kier molecular flexibility index (Phi) is 5.53. The van der Waals surface area contributed by atoms with Gasteiger partial charge in [-0.1, -0.05) is 36.4 Å². The Labute approximate surface area is 153 Å². The molecule has 2 amide bonds. The summed E-state index contributed by atoms with van der Waals surface area (Å²) in [5, 5.41) is 5.66. The van der Waals surface area contributed by atoms with Gasteiger partial charge in [0.15, 0.2) is 6.10 Å². The van der Waals surface area contributed by atoms with Gasteiger partial charge in [0.1, 0.15) is 5.75 Å². The third-order valence-corrected chi connectivity index (χ3v) is 4.16. The summed E-state index contributed by atoms with van der Waals surface area (Å²) in [6, 6.07) is 15.2. The fourth-order valence-electron chi connectivity index (χ4n) is 2.89. The van der Waals surface area contributed by atoms with Crippen molar-refractivity contribution in [2.75, 3.05) is 19.4 Å². The van der Waals surface area contributed by atoms with Gasteiger partial charge in [0, 0.05) is 13.1 Å². The van der Waals surface area contributed by atoms with Crippen LogP contribution in [-0.4, -0.2) is 36.9 Å². The minimum atomic E-state index is -0.818. The lowest BCUT2D eigenvalue weighted by atomic mass is 10.1. The number of benzene rings is 2. The molecule has 0 aliphatic carbocycles. The van der Waals surface area contributed by atoms with Crippen molar-refractivity contribution in [3.63, 3.8) is 0 Å². The van der Waals surface area contributed by atoms with E-state index in [1.54, 1.807) is 12.1 Å². The largest absolute Gasteiger partial charge is 0.478 e. The van der Waals surface area contributed by atoms with Crippen molar-refractivity contribution in [3.05, 3.63) is 59.7 Å². The van der Waals surface area contributed by atoms with Crippen molar-refractivity contribution in [1.29, 1.82) is 0 Å². The van der Waals surface area contributed by atoms with Crippen LogP contribution >= 0.6 is 0 Å². The van der Waals surface area contributed by atoms with E-state index in [2.05, 4.69) is 21.6 Å². The van der Waals surface area contributed by atoms with Crippen LogP contribution in [0, 0.1) is 0 Å². The summed E-state index contributed by atoms with van der Waals surface area (Å²) in [6.07, 6.45) is -0.836. The van der Waals surface area contributed by atoms with Crippen LogP contribution in [0.5, 0.6) is 5.75 Å². The summed E-state index contributed by atoms with van der Waals surface area (Å²) in [7, 11) is 4.01. The first-order chi connectivity index (χ1) is 12.5. The predicted molar refractivity (Wildman–Crippen MR) is 99.8 cm³/mol. The number of hydrogen-bond donors (Lipinski definition) is 2. The normalized spacial score (nSPS) is 15.8. The molecule has 0 saturated heterocycles. The van der Waals surface area contributed by atoms with Gasteiger partial charge >= 0.3 is 0 Å². The summed E-state index contributed by atoms with van der Waals surface area (Å²) >= 11 is 0. The fourth-order valence-corrected chi connectivity index (χ4v) is 2.89. The number of para-hydroxylation sites is 2. The highest BCUT2D eigenvalue weighted by Crippen LogP contribution is 2.29. The number of fused-ring (bicyclic) bond motifs is 1. The molecule has 2 aromatic carbocycles. The molecule has 0 fully saturated rings. The van der Waals surface area contributed by atoms with Crippen LogP contribution < -0.4 is 15.4 Å². The average molecular weight is 353 g/mol. The third kappa shape index (κ3) is 4.40. The van der Waals surface area contributed by atoms with Crippen molar-refractivity contribution in [1.82, 2.24) is 10.2 Å². The first-order valence-corrected chi connectivity index (χ1v) is 8.57. The first-order valence-electron chi connectivity index (χ1n) is 8.57. The molecule has 3 rings (SSSR count). The van der Waals surface area contributed by atoms with Gasteiger partial charge in [-0.25, -0.2) is 0 Å². The minimum Gasteiger partial charge on any atom is -0.478 e. The molecule has 2 aromatic rings. The molecule has 136 valence electrons. The van der Waals surface area contributed by atoms with Crippen LogP contribution in [0.25, 0.3) is 0 Å². The molecular formula is C20H23N3O3. The van der Waals surface area contributed by atoms with Gasteiger partial charge in [0.05, 0.1) is 12.1 Å². The number of nitrogens with zero attached hydrogens (tertiary/aromatic N) is 1. The Morgan fingerprint density at radius 2 is 1.81 bits per heavy atom. The maximum Gasteiger partial charge on any atom is 0.266 e. The van der Waals surface area contributed by atoms with E-state index in [1.807, 2.05) is 44.4 Å². The average Bonchev–Trinajstić information content (AvgIpc) is 2.61. The zero-order valence-corrected chi connectivity index (χ0v) is 15.0. The van der Waals surface area contributed by atoms with Gasteiger partial charge in [-0.05, 0) is 37.4 Å². The van der Waals surface area contributed by atoms with Crippen molar-refractivity contribution in [2.24, 2.45) is 0 Å². The zero-order chi connectivity index (χ0) is 18.5. The molecule has 26 heavy (non-hydrogen) atoms. The molecule has 0 saturated carbocycles. The lowest BCUT2D eigenvalue weighted by Crippen LogP contribution is -2.40. The van der Waals surface area contributed by atoms with Crippen molar-refractivity contribution < 1.29 is 14.3 Å². The minimum absolute atomic E-state index is 0.0178. The Hall–Kier alpha value is -2.86. The van der Waals surface area contributed by atoms with Gasteiger partial charge in [0.25, 0.3) is 5.91 Å². The highest BCUT2D eigenvalue weighted by atomic mass is 16.5. The summed E-state index contributed by atoms with van der Waals surface area (Å²) in [6.45, 7) is 1.23. The van der Waals surface area contributed by atoms with E-state index in [0.717, 1.165) is 12.1 Å². The Bertz CT molecular complexity index is 804. The summed E-state index contributed by atoms with van der Waals surface area (Å²) in [5.74, 6) is 0.0669. The van der Waals surface area contributed by atoms with E-state index in [1.165, 1.54) is 5.56 Å². The van der Waals surface area contributed by atoms with Gasteiger partial charge in [-0.3, -0.25) is 9.59 Å². The molecule has 0 spiro atoms. The first kappa shape index (κ1) is 17.9. The van der Waals surface area contributed by atoms with Crippen molar-refractivity contribution >= 4 is 17.5 Å². The van der Waals surface area contributed by atoms with E-state index >= 15 is 0 Å². The number of ether oxygens (including phenoxy) is 1. The van der Waals surface area contributed by atoms with Gasteiger partial charge < -0.3 is 20.3 Å². The second kappa shape index (κ2) is 8.01. The number of rotatable bonds is 6. The maximum atomic E-state index is 12.3. The lowest BCUT2D eigenvalue weighted by molar-refractivity contribution is -0.130. The standard InChI is InChI=1S/C20H23N3O3/c1-23(2)13-15-8-4-3-7-14(15)12-21-19(24)11-18-20(25)22-16-9-5-6-10-17(16)26-18/h3-10,18H,11-13H2,1-2H3,(H,21,24)(H,22,25)/t18-/m0/s1. The van der Waals surface area contributed by atoms with Crippen LogP contribution in [0.1, 0.15) is 17.5 Å². The summed E-state index contributed by atoms with van der Waals surface area (Å²) < 4.78 is 5.66. The highest BCUT2D eigenvalue weighted by Gasteiger charge is 2.29. The second-order valence-electron chi connectivity index (χ2n) is 6.58. The number of hydrogen-bond acceptors (Lipinski definition) is 4. The fraction of sp³-hybridized carbons (Fsp3) is 0.300. The quantitative estimate of drug-likeness (QED) is 0.835. The van der Waals surface area contributed by atoms with Crippen molar-refractivity contribution in [2.45, 2.75) is 25.6 Å². The Balaban J connectivity index is 1.58.